The number of aliphatic hydroxyl groups is 1. The zero-order valence-electron chi connectivity index (χ0n) is 32.8. The first-order chi connectivity index (χ1) is 27.7. The summed E-state index contributed by atoms with van der Waals surface area (Å²) >= 11 is 0. The molecule has 1 aliphatic rings. The number of hydrazine groups is 1. The third-order valence-corrected chi connectivity index (χ3v) is 8.96. The Bertz CT molecular complexity index is 1880. The number of imidazole rings is 1. The van der Waals surface area contributed by atoms with Gasteiger partial charge in [0.05, 0.1) is 70.4 Å². The van der Waals surface area contributed by atoms with Crippen molar-refractivity contribution in [1.82, 2.24) is 30.2 Å². The highest BCUT2D eigenvalue weighted by molar-refractivity contribution is 6.12. The second-order valence-corrected chi connectivity index (χ2v) is 14.4. The van der Waals surface area contributed by atoms with Crippen LogP contribution in [0.1, 0.15) is 51.0 Å². The molecule has 4 rings (SSSR count). The van der Waals surface area contributed by atoms with Gasteiger partial charge in [0.2, 0.25) is 11.8 Å². The third-order valence-electron chi connectivity index (χ3n) is 8.96. The first-order valence-corrected chi connectivity index (χ1v) is 18.8. The topological polar surface area (TPSA) is 208 Å². The van der Waals surface area contributed by atoms with Gasteiger partial charge < -0.3 is 34.5 Å². The maximum Gasteiger partial charge on any atom is 0.255 e. The largest absolute Gasteiger partial charge is 0.387 e. The molecule has 3 aromatic rings. The van der Waals surface area contributed by atoms with E-state index in [2.05, 4.69) is 10.9 Å². The summed E-state index contributed by atoms with van der Waals surface area (Å²) in [5, 5.41) is 10.0. The Hall–Kier alpha value is -5.40. The zero-order valence-corrected chi connectivity index (χ0v) is 32.8. The minimum absolute atomic E-state index is 0.0412. The third kappa shape index (κ3) is 13.3. The summed E-state index contributed by atoms with van der Waals surface area (Å²) in [7, 11) is 0. The van der Waals surface area contributed by atoms with E-state index >= 15 is 0 Å². The minimum Gasteiger partial charge on any atom is -0.387 e. The number of imide groups is 1. The van der Waals surface area contributed by atoms with Crippen molar-refractivity contribution in [3.8, 4) is 11.3 Å². The molecule has 1 aromatic heterocycles. The lowest BCUT2D eigenvalue weighted by Crippen LogP contribution is -2.51. The molecular weight excluding hydrogens is 760 g/mol. The summed E-state index contributed by atoms with van der Waals surface area (Å²) in [4.78, 5) is 68.8. The van der Waals surface area contributed by atoms with E-state index in [1.54, 1.807) is 10.8 Å². The molecule has 58 heavy (non-hydrogen) atoms. The maximum absolute atomic E-state index is 15.0. The summed E-state index contributed by atoms with van der Waals surface area (Å²) < 4.78 is 47.1. The van der Waals surface area contributed by atoms with Crippen LogP contribution in [0.5, 0.6) is 0 Å². The lowest BCUT2D eigenvalue weighted by atomic mass is 9.84. The second kappa shape index (κ2) is 21.9. The Balaban J connectivity index is 1.27. The predicted octanol–water partition coefficient (Wildman–Crippen LogP) is 2.01. The number of aromatic nitrogens is 2. The minimum atomic E-state index is -1.18. The number of benzene rings is 2. The Morgan fingerprint density at radius 1 is 0.914 bits per heavy atom. The molecule has 0 saturated carbocycles. The van der Waals surface area contributed by atoms with E-state index in [4.69, 9.17) is 24.9 Å². The molecule has 0 bridgehead atoms. The number of rotatable bonds is 22. The van der Waals surface area contributed by atoms with Gasteiger partial charge in [0.25, 0.3) is 17.7 Å². The fourth-order valence-electron chi connectivity index (χ4n) is 6.07. The molecule has 0 aliphatic carbocycles. The average molecular weight is 812 g/mol. The van der Waals surface area contributed by atoms with Crippen LogP contribution in [0, 0.1) is 17.0 Å². The van der Waals surface area contributed by atoms with Gasteiger partial charge in [-0.25, -0.2) is 13.8 Å². The van der Waals surface area contributed by atoms with Crippen LogP contribution < -0.4 is 16.6 Å². The standard InChI is InChI=1S/C40H51F2N7O9/c1-40(2,3)37(38-44-32(29-23-28(41)9-10-30(29)42)25-47(38)24-27-7-5-4-6-8-27)49(36(54)26-50)15-13-31(43)39(55)46-45-33(51)14-17-56-19-21-58-22-20-57-18-16-48-34(52)11-12-35(48)53/h4-12,23,25,31,37,50H,13-22,24,26,43H2,1-3H3,(H,45,51)(H,46,55)/t31-,37-/m0/s1. The molecule has 0 unspecified atom stereocenters. The summed E-state index contributed by atoms with van der Waals surface area (Å²) in [5.74, 6) is -3.67. The number of nitrogens with one attached hydrogen (secondary N) is 2. The Labute approximate surface area is 335 Å². The number of nitrogens with zero attached hydrogens (tertiary/aromatic N) is 4. The molecule has 0 spiro atoms. The molecule has 5 amide bonds. The fourth-order valence-corrected chi connectivity index (χ4v) is 6.07. The van der Waals surface area contributed by atoms with Crippen LogP contribution in [-0.2, 0) is 44.7 Å². The van der Waals surface area contributed by atoms with Crippen molar-refractivity contribution < 1.29 is 52.1 Å². The van der Waals surface area contributed by atoms with Gasteiger partial charge in [-0.15, -0.1) is 0 Å². The van der Waals surface area contributed by atoms with Crippen molar-refractivity contribution in [3.63, 3.8) is 0 Å². The summed E-state index contributed by atoms with van der Waals surface area (Å²) in [6.07, 6.45) is 3.85. The normalized spacial score (nSPS) is 13.8. The van der Waals surface area contributed by atoms with Crippen LogP contribution in [0.2, 0.25) is 0 Å². The zero-order chi connectivity index (χ0) is 42.2. The Kier molecular flexibility index (Phi) is 17.1. The van der Waals surface area contributed by atoms with Crippen molar-refractivity contribution in [2.45, 2.75) is 52.2 Å². The lowest BCUT2D eigenvalue weighted by Gasteiger charge is -2.40. The lowest BCUT2D eigenvalue weighted by molar-refractivity contribution is -0.140. The van der Waals surface area contributed by atoms with E-state index < -0.39 is 53.5 Å². The number of hydrogen-bond donors (Lipinski definition) is 4. The quantitative estimate of drug-likeness (QED) is 0.0656. The van der Waals surface area contributed by atoms with Gasteiger partial charge in [-0.1, -0.05) is 51.1 Å². The molecule has 5 N–H and O–H groups in total. The molecule has 18 heteroatoms. The molecule has 2 aromatic carbocycles. The summed E-state index contributed by atoms with van der Waals surface area (Å²) in [5.41, 5.74) is 11.0. The predicted molar refractivity (Wildman–Crippen MR) is 206 cm³/mol. The highest BCUT2D eigenvalue weighted by Crippen LogP contribution is 2.39. The van der Waals surface area contributed by atoms with Crippen LogP contribution >= 0.6 is 0 Å². The van der Waals surface area contributed by atoms with Gasteiger partial charge in [-0.05, 0) is 35.6 Å². The molecule has 0 radical (unpaired) electrons. The van der Waals surface area contributed by atoms with Crippen LogP contribution in [-0.4, -0.2) is 119 Å². The van der Waals surface area contributed by atoms with Crippen LogP contribution in [0.25, 0.3) is 11.3 Å². The van der Waals surface area contributed by atoms with Gasteiger partial charge in [0.1, 0.15) is 24.1 Å². The molecule has 1 aliphatic heterocycles. The van der Waals surface area contributed by atoms with Gasteiger partial charge in [-0.3, -0.25) is 39.7 Å². The van der Waals surface area contributed by atoms with E-state index in [9.17, 15) is 37.9 Å². The van der Waals surface area contributed by atoms with Crippen molar-refractivity contribution in [3.05, 3.63) is 89.9 Å². The summed E-state index contributed by atoms with van der Waals surface area (Å²) in [6, 6.07) is 10.4. The van der Waals surface area contributed by atoms with Crippen LogP contribution in [0.15, 0.2) is 66.9 Å². The van der Waals surface area contributed by atoms with Gasteiger partial charge in [0, 0.05) is 37.0 Å². The van der Waals surface area contributed by atoms with Crippen molar-refractivity contribution >= 4 is 29.5 Å². The number of amides is 5. The van der Waals surface area contributed by atoms with E-state index in [-0.39, 0.29) is 95.2 Å². The first kappa shape index (κ1) is 45.3. The molecule has 2 atom stereocenters. The highest BCUT2D eigenvalue weighted by Gasteiger charge is 2.38. The van der Waals surface area contributed by atoms with E-state index in [1.807, 2.05) is 51.1 Å². The maximum atomic E-state index is 15.0. The first-order valence-electron chi connectivity index (χ1n) is 18.8. The van der Waals surface area contributed by atoms with Gasteiger partial charge in [0.15, 0.2) is 0 Å². The average Bonchev–Trinajstić information content (AvgIpc) is 3.75. The van der Waals surface area contributed by atoms with E-state index in [1.165, 1.54) is 17.1 Å². The molecular formula is C40H51F2N7O9. The monoisotopic (exact) mass is 811 g/mol. The van der Waals surface area contributed by atoms with Gasteiger partial charge >= 0.3 is 0 Å². The highest BCUT2D eigenvalue weighted by atomic mass is 19.1. The number of aliphatic hydroxyl groups excluding tert-OH is 1. The van der Waals surface area contributed by atoms with E-state index in [0.29, 0.717) is 5.82 Å². The van der Waals surface area contributed by atoms with Crippen LogP contribution in [0.3, 0.4) is 0 Å². The second-order valence-electron chi connectivity index (χ2n) is 14.4. The number of halogens is 2. The molecule has 16 nitrogen and oxygen atoms in total. The molecule has 2 heterocycles. The number of nitrogens with two attached hydrogens (primary N) is 1. The molecule has 0 saturated heterocycles. The van der Waals surface area contributed by atoms with E-state index in [0.717, 1.165) is 28.7 Å². The number of hydrogen-bond acceptors (Lipinski definition) is 11. The Morgan fingerprint density at radius 3 is 2.19 bits per heavy atom. The van der Waals surface area contributed by atoms with Crippen molar-refractivity contribution in [1.29, 1.82) is 0 Å². The fraction of sp³-hybridized carbons (Fsp3) is 0.450. The van der Waals surface area contributed by atoms with Gasteiger partial charge in [-0.2, -0.15) is 0 Å². The van der Waals surface area contributed by atoms with Crippen LogP contribution in [0.4, 0.5) is 8.78 Å². The summed E-state index contributed by atoms with van der Waals surface area (Å²) in [6.45, 7) is 6.22. The van der Waals surface area contributed by atoms with Crippen molar-refractivity contribution in [2.24, 2.45) is 11.1 Å². The number of ether oxygens (including phenoxy) is 3. The SMILES string of the molecule is CC(C)(C)[C@H](c1nc(-c2cc(F)ccc2F)cn1Cc1ccccc1)N(CC[C@H](N)C(=O)NNC(=O)CCOCCOCCOCCN1C(=O)C=CC1=O)C(=O)CO. The smallest absolute Gasteiger partial charge is 0.255 e. The van der Waals surface area contributed by atoms with Crippen molar-refractivity contribution in [2.75, 3.05) is 59.3 Å². The number of carbonyl (C=O) groups is 5. The molecule has 314 valence electrons. The molecule has 0 fully saturated rings. The number of carbonyl (C=O) groups excluding carboxylic acids is 5. The Morgan fingerprint density at radius 2 is 1.55 bits per heavy atom.